The van der Waals surface area contributed by atoms with Gasteiger partial charge in [-0.15, -0.1) is 0 Å². The van der Waals surface area contributed by atoms with Gasteiger partial charge in [0.25, 0.3) is 0 Å². The number of halogens is 2. The van der Waals surface area contributed by atoms with E-state index in [-0.39, 0.29) is 25.4 Å². The van der Waals surface area contributed by atoms with Crippen molar-refractivity contribution in [1.29, 1.82) is 0 Å². The van der Waals surface area contributed by atoms with Crippen LogP contribution in [-0.2, 0) is 20.8 Å². The van der Waals surface area contributed by atoms with Crippen molar-refractivity contribution in [3.63, 3.8) is 0 Å². The van der Waals surface area contributed by atoms with Crippen LogP contribution in [0, 0.1) is 5.82 Å². The summed E-state index contributed by atoms with van der Waals surface area (Å²) in [5, 5.41) is 11.6. The Morgan fingerprint density at radius 1 is 1.39 bits per heavy atom. The van der Waals surface area contributed by atoms with Crippen molar-refractivity contribution in [2.24, 2.45) is 0 Å². The maximum atomic E-state index is 13.3. The summed E-state index contributed by atoms with van der Waals surface area (Å²) in [6.07, 6.45) is -0.143. The molecule has 0 spiro atoms. The van der Waals surface area contributed by atoms with Crippen molar-refractivity contribution in [2.45, 2.75) is 26.3 Å². The van der Waals surface area contributed by atoms with Crippen molar-refractivity contribution < 1.29 is 23.9 Å². The zero-order chi connectivity index (χ0) is 17.6. The summed E-state index contributed by atoms with van der Waals surface area (Å²) in [7, 11) is 0. The summed E-state index contributed by atoms with van der Waals surface area (Å²) >= 11 is 3.24. The Hall–Kier alpha value is -1.96. The van der Waals surface area contributed by atoms with Crippen LogP contribution in [0.25, 0.3) is 0 Å². The zero-order valence-electron chi connectivity index (χ0n) is 12.8. The molecule has 0 saturated carbocycles. The van der Waals surface area contributed by atoms with E-state index in [4.69, 9.17) is 5.11 Å². The minimum atomic E-state index is -1.15. The summed E-state index contributed by atoms with van der Waals surface area (Å²) in [6.45, 7) is 2.91. The largest absolute Gasteiger partial charge is 0.480 e. The highest BCUT2D eigenvalue weighted by Gasteiger charge is 2.25. The third-order valence-corrected chi connectivity index (χ3v) is 3.99. The minimum Gasteiger partial charge on any atom is -0.480 e. The van der Waals surface area contributed by atoms with Crippen LogP contribution in [0.15, 0.2) is 22.7 Å². The molecule has 0 saturated heterocycles. The van der Waals surface area contributed by atoms with Crippen molar-refractivity contribution in [3.8, 4) is 0 Å². The van der Waals surface area contributed by atoms with E-state index in [1.807, 2.05) is 0 Å². The molecule has 1 aromatic rings. The van der Waals surface area contributed by atoms with Gasteiger partial charge in [0.2, 0.25) is 11.8 Å². The number of benzene rings is 1. The number of aliphatic carboxylic acids is 1. The first-order valence-electron chi connectivity index (χ1n) is 6.93. The van der Waals surface area contributed by atoms with Gasteiger partial charge in [0.05, 0.1) is 6.42 Å². The lowest BCUT2D eigenvalue weighted by molar-refractivity contribution is -0.149. The standard InChI is InChI=1S/C15H18BrFN2O4/c1-9(15(22)23)19(6-5-18-10(2)20)14(21)8-11-7-12(17)3-4-13(11)16/h3-4,7,9H,5-6,8H2,1-2H3,(H,18,20)(H,22,23). The molecule has 1 aromatic carbocycles. The molecule has 126 valence electrons. The fourth-order valence-corrected chi connectivity index (χ4v) is 2.35. The van der Waals surface area contributed by atoms with Crippen LogP contribution in [0.4, 0.5) is 4.39 Å². The van der Waals surface area contributed by atoms with E-state index in [9.17, 15) is 18.8 Å². The van der Waals surface area contributed by atoms with Gasteiger partial charge in [-0.3, -0.25) is 9.59 Å². The highest BCUT2D eigenvalue weighted by Crippen LogP contribution is 2.19. The lowest BCUT2D eigenvalue weighted by atomic mass is 10.1. The summed E-state index contributed by atoms with van der Waals surface area (Å²) in [6, 6.07) is 2.91. The van der Waals surface area contributed by atoms with Crippen molar-refractivity contribution >= 4 is 33.7 Å². The van der Waals surface area contributed by atoms with Gasteiger partial charge in [0.15, 0.2) is 0 Å². The summed E-state index contributed by atoms with van der Waals surface area (Å²) in [5.74, 6) is -2.36. The Labute approximate surface area is 141 Å². The second-order valence-corrected chi connectivity index (χ2v) is 5.85. The number of hydrogen-bond acceptors (Lipinski definition) is 3. The summed E-state index contributed by atoms with van der Waals surface area (Å²) in [4.78, 5) is 35.6. The van der Waals surface area contributed by atoms with Gasteiger partial charge in [0.1, 0.15) is 11.9 Å². The number of carboxylic acid groups (broad SMARTS) is 1. The number of carboxylic acids is 1. The Kier molecular flexibility index (Phi) is 7.15. The zero-order valence-corrected chi connectivity index (χ0v) is 14.4. The molecule has 0 aliphatic carbocycles. The second kappa shape index (κ2) is 8.61. The normalized spacial score (nSPS) is 11.7. The van der Waals surface area contributed by atoms with E-state index in [1.54, 1.807) is 0 Å². The van der Waals surface area contributed by atoms with Crippen LogP contribution in [0.2, 0.25) is 0 Å². The quantitative estimate of drug-likeness (QED) is 0.741. The lowest BCUT2D eigenvalue weighted by Gasteiger charge is -2.27. The third-order valence-electron chi connectivity index (χ3n) is 3.22. The average molecular weight is 389 g/mol. The van der Waals surface area contributed by atoms with Gasteiger partial charge < -0.3 is 15.3 Å². The van der Waals surface area contributed by atoms with Crippen LogP contribution in [0.5, 0.6) is 0 Å². The molecule has 8 heteroatoms. The first-order chi connectivity index (χ1) is 10.7. The predicted molar refractivity (Wildman–Crippen MR) is 85.3 cm³/mol. The number of nitrogens with zero attached hydrogens (tertiary/aromatic N) is 1. The predicted octanol–water partition coefficient (Wildman–Crippen LogP) is 1.57. The third kappa shape index (κ3) is 5.97. The maximum Gasteiger partial charge on any atom is 0.326 e. The highest BCUT2D eigenvalue weighted by molar-refractivity contribution is 9.10. The number of amides is 2. The first-order valence-corrected chi connectivity index (χ1v) is 7.72. The molecule has 23 heavy (non-hydrogen) atoms. The molecule has 0 radical (unpaired) electrons. The van der Waals surface area contributed by atoms with E-state index in [0.29, 0.717) is 10.0 Å². The number of carbonyl (C=O) groups excluding carboxylic acids is 2. The smallest absolute Gasteiger partial charge is 0.326 e. The second-order valence-electron chi connectivity index (χ2n) is 5.00. The van der Waals surface area contributed by atoms with Crippen molar-refractivity contribution in [1.82, 2.24) is 10.2 Å². The van der Waals surface area contributed by atoms with Gasteiger partial charge in [0, 0.05) is 24.5 Å². The number of rotatable bonds is 7. The first kappa shape index (κ1) is 19.1. The number of hydrogen-bond donors (Lipinski definition) is 2. The molecule has 0 aliphatic heterocycles. The van der Waals surface area contributed by atoms with Crippen LogP contribution in [0.1, 0.15) is 19.4 Å². The molecule has 0 fully saturated rings. The SMILES string of the molecule is CC(=O)NCCN(C(=O)Cc1cc(F)ccc1Br)C(C)C(=O)O. The molecule has 1 rings (SSSR count). The molecule has 2 N–H and O–H groups in total. The Morgan fingerprint density at radius 2 is 2.04 bits per heavy atom. The van der Waals surface area contributed by atoms with E-state index in [0.717, 1.165) is 4.90 Å². The van der Waals surface area contributed by atoms with Crippen LogP contribution in [0.3, 0.4) is 0 Å². The molecule has 1 unspecified atom stereocenters. The monoisotopic (exact) mass is 388 g/mol. The minimum absolute atomic E-state index is 0.0544. The average Bonchev–Trinajstić information content (AvgIpc) is 2.46. The lowest BCUT2D eigenvalue weighted by Crippen LogP contribution is -2.47. The van der Waals surface area contributed by atoms with E-state index in [2.05, 4.69) is 21.2 Å². The van der Waals surface area contributed by atoms with Gasteiger partial charge in [-0.1, -0.05) is 15.9 Å². The molecule has 0 aliphatic rings. The van der Waals surface area contributed by atoms with Crippen LogP contribution >= 0.6 is 15.9 Å². The molecular weight excluding hydrogens is 371 g/mol. The number of nitrogens with one attached hydrogen (secondary N) is 1. The van der Waals surface area contributed by atoms with Gasteiger partial charge in [-0.2, -0.15) is 0 Å². The van der Waals surface area contributed by atoms with Gasteiger partial charge >= 0.3 is 5.97 Å². The van der Waals surface area contributed by atoms with E-state index < -0.39 is 23.7 Å². The topological polar surface area (TPSA) is 86.7 Å². The maximum absolute atomic E-state index is 13.3. The fraction of sp³-hybridized carbons (Fsp3) is 0.400. The summed E-state index contributed by atoms with van der Waals surface area (Å²) < 4.78 is 13.9. The van der Waals surface area contributed by atoms with Gasteiger partial charge in [-0.25, -0.2) is 9.18 Å². The molecule has 0 aromatic heterocycles. The molecule has 0 heterocycles. The van der Waals surface area contributed by atoms with E-state index in [1.165, 1.54) is 32.0 Å². The Balaban J connectivity index is 2.87. The summed E-state index contributed by atoms with van der Waals surface area (Å²) in [5.41, 5.74) is 0.428. The Morgan fingerprint density at radius 3 is 2.61 bits per heavy atom. The molecule has 6 nitrogen and oxygen atoms in total. The fourth-order valence-electron chi connectivity index (χ4n) is 1.96. The molecule has 1 atom stereocenters. The number of carbonyl (C=O) groups is 3. The molecule has 0 bridgehead atoms. The van der Waals surface area contributed by atoms with Gasteiger partial charge in [-0.05, 0) is 30.7 Å². The van der Waals surface area contributed by atoms with Crippen LogP contribution < -0.4 is 5.32 Å². The van der Waals surface area contributed by atoms with E-state index >= 15 is 0 Å². The van der Waals surface area contributed by atoms with Crippen molar-refractivity contribution in [2.75, 3.05) is 13.1 Å². The van der Waals surface area contributed by atoms with Crippen LogP contribution in [-0.4, -0.2) is 46.9 Å². The van der Waals surface area contributed by atoms with Crippen molar-refractivity contribution in [3.05, 3.63) is 34.1 Å². The molecule has 2 amide bonds. The molecular formula is C15H18BrFN2O4. The Bertz CT molecular complexity index is 609. The highest BCUT2D eigenvalue weighted by atomic mass is 79.9.